The fourth-order valence-electron chi connectivity index (χ4n) is 6.66. The van der Waals surface area contributed by atoms with Gasteiger partial charge < -0.3 is 29.1 Å². The molecule has 0 atom stereocenters. The van der Waals surface area contributed by atoms with E-state index >= 15 is 0 Å². The lowest BCUT2D eigenvalue weighted by Crippen LogP contribution is -2.44. The molecular weight excluding hydrogens is 526 g/mol. The summed E-state index contributed by atoms with van der Waals surface area (Å²) in [5.74, 6) is 2.85. The zero-order valence-corrected chi connectivity index (χ0v) is 25.0. The Bertz CT molecular complexity index is 1510. The number of hydrogen-bond donors (Lipinski definition) is 0. The van der Waals surface area contributed by atoms with Crippen LogP contribution in [0.15, 0.2) is 66.4 Å². The van der Waals surface area contributed by atoms with Crippen molar-refractivity contribution in [3.05, 3.63) is 77.6 Å². The molecule has 0 radical (unpaired) electrons. The highest BCUT2D eigenvalue weighted by molar-refractivity contribution is 5.97. The number of benzene rings is 2. The van der Waals surface area contributed by atoms with Crippen LogP contribution in [-0.4, -0.2) is 113 Å². The predicted octanol–water partition coefficient (Wildman–Crippen LogP) is 3.62. The number of urea groups is 1. The molecule has 3 aliphatic heterocycles. The Morgan fingerprint density at radius 2 is 1.74 bits per heavy atom. The molecule has 3 aliphatic rings. The summed E-state index contributed by atoms with van der Waals surface area (Å²) in [5.41, 5.74) is 5.14. The second-order valence-electron chi connectivity index (χ2n) is 12.1. The van der Waals surface area contributed by atoms with Crippen molar-refractivity contribution in [3.63, 3.8) is 0 Å². The highest BCUT2D eigenvalue weighted by Gasteiger charge is 2.35. The third-order valence-electron chi connectivity index (χ3n) is 9.08. The van der Waals surface area contributed by atoms with Crippen LogP contribution in [0.3, 0.4) is 0 Å². The van der Waals surface area contributed by atoms with Crippen LogP contribution in [0.2, 0.25) is 0 Å². The molecule has 2 aromatic carbocycles. The number of piperidine rings is 1. The number of fused-ring (bicyclic) bond motifs is 1. The quantitative estimate of drug-likeness (QED) is 0.424. The van der Waals surface area contributed by atoms with Gasteiger partial charge in [-0.2, -0.15) is 0 Å². The zero-order chi connectivity index (χ0) is 29.2. The molecule has 2 saturated heterocycles. The standard InChI is InChI=1S/C33H41N7O2/c1-35(2)33(42)38-13-11-25(12-14-38)20-40-24-34-19-27(40)21-39-22-30(29-10-6-8-26-7-4-5-9-28(26)29)32(31(39)23-41)37-17-15-36(3)16-18-37/h4-10,19,24-25H,11-18,20-22H2,1-3H3. The van der Waals surface area contributed by atoms with E-state index in [9.17, 15) is 9.59 Å². The van der Waals surface area contributed by atoms with Crippen molar-refractivity contribution in [1.29, 1.82) is 0 Å². The predicted molar refractivity (Wildman–Crippen MR) is 165 cm³/mol. The SMILES string of the molecule is CN1CCN(C2=C(c3cccc4ccccc34)CN(Cc3cncn3CC3CCN(C(=O)N(C)C)CC3)C2=C=O)CC1. The van der Waals surface area contributed by atoms with Crippen molar-refractivity contribution in [1.82, 2.24) is 34.1 Å². The number of hydrogen-bond acceptors (Lipinski definition) is 6. The maximum absolute atomic E-state index is 12.7. The van der Waals surface area contributed by atoms with Gasteiger partial charge in [-0.1, -0.05) is 42.5 Å². The van der Waals surface area contributed by atoms with E-state index in [4.69, 9.17) is 0 Å². The summed E-state index contributed by atoms with van der Waals surface area (Å²) in [6.45, 7) is 7.35. The lowest BCUT2D eigenvalue weighted by atomic mass is 9.97. The Hall–Kier alpha value is -4.07. The summed E-state index contributed by atoms with van der Waals surface area (Å²) in [6, 6.07) is 15.0. The van der Waals surface area contributed by atoms with E-state index in [1.54, 1.807) is 4.90 Å². The van der Waals surface area contributed by atoms with Crippen LogP contribution in [0.5, 0.6) is 0 Å². The van der Waals surface area contributed by atoms with Crippen molar-refractivity contribution in [2.45, 2.75) is 25.9 Å². The average Bonchev–Trinajstić information content (AvgIpc) is 3.61. The molecular formula is C33H41N7O2. The number of carbonyl (C=O) groups excluding carboxylic acids is 2. The number of carbonyl (C=O) groups is 1. The highest BCUT2D eigenvalue weighted by atomic mass is 16.2. The summed E-state index contributed by atoms with van der Waals surface area (Å²) in [4.78, 5) is 40.1. The number of piperazine rings is 1. The third-order valence-corrected chi connectivity index (χ3v) is 9.08. The molecule has 0 spiro atoms. The molecule has 2 fully saturated rings. The van der Waals surface area contributed by atoms with Crippen LogP contribution in [-0.2, 0) is 17.9 Å². The van der Waals surface area contributed by atoms with Gasteiger partial charge in [-0.3, -0.25) is 0 Å². The number of rotatable bonds is 6. The molecule has 220 valence electrons. The van der Waals surface area contributed by atoms with E-state index in [-0.39, 0.29) is 6.03 Å². The number of amides is 2. The summed E-state index contributed by atoms with van der Waals surface area (Å²) in [6.07, 6.45) is 5.79. The summed E-state index contributed by atoms with van der Waals surface area (Å²) >= 11 is 0. The summed E-state index contributed by atoms with van der Waals surface area (Å²) < 4.78 is 2.24. The number of likely N-dealkylation sites (tertiary alicyclic amines) is 1. The topological polar surface area (TPSA) is 68.2 Å². The Labute approximate surface area is 248 Å². The Morgan fingerprint density at radius 3 is 2.48 bits per heavy atom. The van der Waals surface area contributed by atoms with Gasteiger partial charge in [-0.25, -0.2) is 14.6 Å². The van der Waals surface area contributed by atoms with Gasteiger partial charge in [0.05, 0.1) is 24.3 Å². The second kappa shape index (κ2) is 12.0. The molecule has 0 aliphatic carbocycles. The normalized spacial score (nSPS) is 18.7. The van der Waals surface area contributed by atoms with E-state index in [0.717, 1.165) is 70.0 Å². The van der Waals surface area contributed by atoms with E-state index in [1.807, 2.05) is 31.5 Å². The average molecular weight is 568 g/mol. The molecule has 1 aromatic heterocycles. The Morgan fingerprint density at radius 1 is 1.00 bits per heavy atom. The number of likely N-dealkylation sites (N-methyl/N-ethyl adjacent to an activating group) is 1. The molecule has 0 bridgehead atoms. The smallest absolute Gasteiger partial charge is 0.319 e. The van der Waals surface area contributed by atoms with Crippen molar-refractivity contribution in [3.8, 4) is 0 Å². The van der Waals surface area contributed by atoms with Gasteiger partial charge in [-0.05, 0) is 42.1 Å². The van der Waals surface area contributed by atoms with Crippen LogP contribution in [0.25, 0.3) is 16.3 Å². The first-order valence-corrected chi connectivity index (χ1v) is 15.0. The molecule has 42 heavy (non-hydrogen) atoms. The van der Waals surface area contributed by atoms with Crippen molar-refractivity contribution in [2.24, 2.45) is 5.92 Å². The van der Waals surface area contributed by atoms with Crippen LogP contribution >= 0.6 is 0 Å². The highest BCUT2D eigenvalue weighted by Crippen LogP contribution is 2.39. The molecule has 0 N–H and O–H groups in total. The molecule has 2 amide bonds. The van der Waals surface area contributed by atoms with Gasteiger partial charge in [0.2, 0.25) is 0 Å². The lowest BCUT2D eigenvalue weighted by molar-refractivity contribution is 0.143. The third kappa shape index (κ3) is 5.54. The van der Waals surface area contributed by atoms with E-state index in [1.165, 1.54) is 21.9 Å². The van der Waals surface area contributed by atoms with Gasteiger partial charge >= 0.3 is 6.03 Å². The van der Waals surface area contributed by atoms with Crippen molar-refractivity contribution in [2.75, 3.05) is 67.0 Å². The number of imidazole rings is 1. The fraction of sp³-hybridized carbons (Fsp3) is 0.455. The van der Waals surface area contributed by atoms with Crippen LogP contribution in [0, 0.1) is 5.92 Å². The first-order chi connectivity index (χ1) is 20.4. The molecule has 4 heterocycles. The van der Waals surface area contributed by atoms with E-state index in [2.05, 4.69) is 79.7 Å². The Kier molecular flexibility index (Phi) is 8.05. The lowest BCUT2D eigenvalue weighted by Gasteiger charge is -2.35. The van der Waals surface area contributed by atoms with E-state index in [0.29, 0.717) is 24.7 Å². The fourth-order valence-corrected chi connectivity index (χ4v) is 6.66. The largest absolute Gasteiger partial charge is 0.366 e. The number of nitrogens with zero attached hydrogens (tertiary/aromatic N) is 7. The molecule has 9 heteroatoms. The second-order valence-corrected chi connectivity index (χ2v) is 12.1. The maximum atomic E-state index is 12.7. The first-order valence-electron chi connectivity index (χ1n) is 15.0. The molecule has 0 saturated carbocycles. The molecule has 0 unspecified atom stereocenters. The van der Waals surface area contributed by atoms with Crippen molar-refractivity contribution >= 4 is 28.3 Å². The maximum Gasteiger partial charge on any atom is 0.319 e. The minimum Gasteiger partial charge on any atom is -0.366 e. The minimum atomic E-state index is 0.0876. The van der Waals surface area contributed by atoms with Gasteiger partial charge in [0.1, 0.15) is 5.70 Å². The Balaban J connectivity index is 1.25. The van der Waals surface area contributed by atoms with E-state index < -0.39 is 0 Å². The molecule has 3 aromatic rings. The molecule has 9 nitrogen and oxygen atoms in total. The zero-order valence-electron chi connectivity index (χ0n) is 25.0. The summed E-state index contributed by atoms with van der Waals surface area (Å²) in [5, 5.41) is 2.41. The number of aromatic nitrogens is 2. The summed E-state index contributed by atoms with van der Waals surface area (Å²) in [7, 11) is 5.77. The van der Waals surface area contributed by atoms with Gasteiger partial charge in [0, 0.05) is 78.2 Å². The monoisotopic (exact) mass is 567 g/mol. The van der Waals surface area contributed by atoms with Gasteiger partial charge in [0.25, 0.3) is 0 Å². The van der Waals surface area contributed by atoms with Crippen LogP contribution in [0.1, 0.15) is 24.1 Å². The first kappa shape index (κ1) is 28.1. The van der Waals surface area contributed by atoms with Gasteiger partial charge in [0.15, 0.2) is 5.94 Å². The van der Waals surface area contributed by atoms with Crippen LogP contribution in [0.4, 0.5) is 4.79 Å². The van der Waals surface area contributed by atoms with Gasteiger partial charge in [-0.15, -0.1) is 0 Å². The van der Waals surface area contributed by atoms with Crippen LogP contribution < -0.4 is 0 Å². The minimum absolute atomic E-state index is 0.0876. The molecule has 6 rings (SSSR count). The van der Waals surface area contributed by atoms with Crippen molar-refractivity contribution < 1.29 is 9.59 Å².